The molecule has 0 saturated heterocycles. The van der Waals surface area contributed by atoms with Gasteiger partial charge in [0.25, 0.3) is 5.91 Å². The second-order valence-corrected chi connectivity index (χ2v) is 5.98. The molecule has 1 unspecified atom stereocenters. The molecule has 1 amide bonds. The minimum Gasteiger partial charge on any atom is -0.344 e. The predicted octanol–water partition coefficient (Wildman–Crippen LogP) is 4.64. The van der Waals surface area contributed by atoms with Crippen LogP contribution in [0.5, 0.6) is 0 Å². The topological polar surface area (TPSA) is 42.0 Å². The van der Waals surface area contributed by atoms with Gasteiger partial charge in [-0.1, -0.05) is 29.3 Å². The number of pyridine rings is 1. The van der Waals surface area contributed by atoms with Crippen molar-refractivity contribution < 1.29 is 4.79 Å². The first-order valence-corrected chi connectivity index (χ1v) is 7.39. The van der Waals surface area contributed by atoms with Crippen molar-refractivity contribution in [1.82, 2.24) is 10.3 Å². The molecule has 1 atom stereocenters. The number of amides is 1. The van der Waals surface area contributed by atoms with Crippen LogP contribution in [0, 0.1) is 0 Å². The van der Waals surface area contributed by atoms with Crippen LogP contribution in [0.25, 0.3) is 0 Å². The lowest BCUT2D eigenvalue weighted by molar-refractivity contribution is 0.0935. The van der Waals surface area contributed by atoms with E-state index < -0.39 is 0 Å². The molecule has 104 valence electrons. The van der Waals surface area contributed by atoms with Gasteiger partial charge in [0.1, 0.15) is 5.69 Å². The summed E-state index contributed by atoms with van der Waals surface area (Å²) in [5.74, 6) is -0.254. The lowest BCUT2D eigenvalue weighted by atomic mass is 10.1. The van der Waals surface area contributed by atoms with Gasteiger partial charge in [-0.2, -0.15) is 0 Å². The lowest BCUT2D eigenvalue weighted by Gasteiger charge is -2.15. The average molecular weight is 374 g/mol. The quantitative estimate of drug-likeness (QED) is 0.851. The Balaban J connectivity index is 2.12. The maximum absolute atomic E-state index is 12.1. The van der Waals surface area contributed by atoms with Crippen molar-refractivity contribution in [1.29, 1.82) is 0 Å². The average Bonchev–Trinajstić information content (AvgIpc) is 2.39. The summed E-state index contributed by atoms with van der Waals surface area (Å²) in [6.07, 6.45) is 1.58. The fourth-order valence-electron chi connectivity index (χ4n) is 1.71. The Hall–Kier alpha value is -1.10. The number of hydrogen-bond donors (Lipinski definition) is 1. The lowest BCUT2D eigenvalue weighted by Crippen LogP contribution is -2.27. The van der Waals surface area contributed by atoms with Crippen LogP contribution >= 0.6 is 39.1 Å². The number of halogens is 3. The Bertz CT molecular complexity index is 632. The summed E-state index contributed by atoms with van der Waals surface area (Å²) in [7, 11) is 0. The van der Waals surface area contributed by atoms with Gasteiger partial charge < -0.3 is 5.32 Å². The molecule has 1 heterocycles. The van der Waals surface area contributed by atoms with Crippen molar-refractivity contribution in [3.8, 4) is 0 Å². The normalized spacial score (nSPS) is 12.0. The van der Waals surface area contributed by atoms with E-state index in [4.69, 9.17) is 23.2 Å². The minimum absolute atomic E-state index is 0.238. The molecule has 0 saturated carbocycles. The number of carbonyl (C=O) groups is 1. The zero-order chi connectivity index (χ0) is 14.7. The highest BCUT2D eigenvalue weighted by Crippen LogP contribution is 2.26. The molecule has 0 radical (unpaired) electrons. The maximum Gasteiger partial charge on any atom is 0.270 e. The Labute approximate surface area is 135 Å². The molecule has 0 spiro atoms. The zero-order valence-corrected chi connectivity index (χ0v) is 13.6. The Kier molecular flexibility index (Phi) is 5.02. The van der Waals surface area contributed by atoms with Gasteiger partial charge in [-0.05, 0) is 52.7 Å². The van der Waals surface area contributed by atoms with Crippen molar-refractivity contribution >= 4 is 45.0 Å². The van der Waals surface area contributed by atoms with E-state index in [2.05, 4.69) is 26.2 Å². The number of rotatable bonds is 3. The Morgan fingerprint density at radius 3 is 2.65 bits per heavy atom. The van der Waals surface area contributed by atoms with Crippen molar-refractivity contribution in [2.45, 2.75) is 13.0 Å². The van der Waals surface area contributed by atoms with Gasteiger partial charge in [-0.25, -0.2) is 4.98 Å². The Morgan fingerprint density at radius 2 is 2.05 bits per heavy atom. The summed E-state index contributed by atoms with van der Waals surface area (Å²) in [5, 5.41) is 3.93. The molecule has 2 rings (SSSR count). The molecular formula is C14H11BrCl2N2O. The molecule has 0 aliphatic heterocycles. The van der Waals surface area contributed by atoms with Gasteiger partial charge in [0, 0.05) is 20.7 Å². The molecule has 0 aliphatic rings. The second kappa shape index (κ2) is 6.57. The third-order valence-electron chi connectivity index (χ3n) is 2.74. The first-order chi connectivity index (χ1) is 9.47. The molecule has 0 aliphatic carbocycles. The third-order valence-corrected chi connectivity index (χ3v) is 3.77. The van der Waals surface area contributed by atoms with E-state index >= 15 is 0 Å². The van der Waals surface area contributed by atoms with Gasteiger partial charge in [0.15, 0.2) is 0 Å². The smallest absolute Gasteiger partial charge is 0.270 e. The standard InChI is InChI=1S/C14H11BrCl2N2O/c1-8(11-4-3-10(16)6-12(11)17)19-14(20)13-5-2-9(15)7-18-13/h2-8H,1H3,(H,19,20). The first kappa shape index (κ1) is 15.3. The number of nitrogens with one attached hydrogen (secondary N) is 1. The fraction of sp³-hybridized carbons (Fsp3) is 0.143. The third kappa shape index (κ3) is 3.72. The van der Waals surface area contributed by atoms with Crippen molar-refractivity contribution in [2.24, 2.45) is 0 Å². The van der Waals surface area contributed by atoms with Crippen LogP contribution in [0.3, 0.4) is 0 Å². The molecule has 2 aromatic rings. The van der Waals surface area contributed by atoms with Gasteiger partial charge >= 0.3 is 0 Å². The second-order valence-electron chi connectivity index (χ2n) is 4.22. The van der Waals surface area contributed by atoms with E-state index in [1.54, 1.807) is 36.5 Å². The molecule has 20 heavy (non-hydrogen) atoms. The van der Waals surface area contributed by atoms with Crippen LogP contribution in [0.15, 0.2) is 41.0 Å². The largest absolute Gasteiger partial charge is 0.344 e. The summed E-state index contributed by atoms with van der Waals surface area (Å²) >= 11 is 15.2. The highest BCUT2D eigenvalue weighted by atomic mass is 79.9. The highest BCUT2D eigenvalue weighted by Gasteiger charge is 2.14. The van der Waals surface area contributed by atoms with E-state index in [-0.39, 0.29) is 11.9 Å². The number of aromatic nitrogens is 1. The number of benzene rings is 1. The van der Waals surface area contributed by atoms with Crippen LogP contribution in [0.2, 0.25) is 10.0 Å². The number of hydrogen-bond acceptors (Lipinski definition) is 2. The van der Waals surface area contributed by atoms with Gasteiger partial charge in [0.05, 0.1) is 6.04 Å². The SMILES string of the molecule is CC(NC(=O)c1ccc(Br)cn1)c1ccc(Cl)cc1Cl. The summed E-state index contributed by atoms with van der Waals surface area (Å²) < 4.78 is 0.822. The number of nitrogens with zero attached hydrogens (tertiary/aromatic N) is 1. The van der Waals surface area contributed by atoms with Gasteiger partial charge in [0.2, 0.25) is 0 Å². The fourth-order valence-corrected chi connectivity index (χ4v) is 2.52. The molecular weight excluding hydrogens is 363 g/mol. The predicted molar refractivity (Wildman–Crippen MR) is 84.3 cm³/mol. The zero-order valence-electron chi connectivity index (χ0n) is 10.5. The van der Waals surface area contributed by atoms with Crippen LogP contribution in [0.4, 0.5) is 0 Å². The Morgan fingerprint density at radius 1 is 1.30 bits per heavy atom. The monoisotopic (exact) mass is 372 g/mol. The van der Waals surface area contributed by atoms with E-state index in [9.17, 15) is 4.79 Å². The summed E-state index contributed by atoms with van der Waals surface area (Å²) in [4.78, 5) is 16.1. The van der Waals surface area contributed by atoms with E-state index in [0.717, 1.165) is 10.0 Å². The van der Waals surface area contributed by atoms with Crippen LogP contribution < -0.4 is 5.32 Å². The summed E-state index contributed by atoms with van der Waals surface area (Å²) in [6, 6.07) is 8.36. The van der Waals surface area contributed by atoms with Crippen molar-refractivity contribution in [3.05, 3.63) is 62.3 Å². The van der Waals surface area contributed by atoms with Crippen molar-refractivity contribution in [2.75, 3.05) is 0 Å². The van der Waals surface area contributed by atoms with E-state index in [1.165, 1.54) is 0 Å². The molecule has 6 heteroatoms. The van der Waals surface area contributed by atoms with E-state index in [1.807, 2.05) is 6.92 Å². The first-order valence-electron chi connectivity index (χ1n) is 5.84. The molecule has 1 N–H and O–H groups in total. The van der Waals surface area contributed by atoms with Gasteiger partial charge in [-0.3, -0.25) is 4.79 Å². The summed E-state index contributed by atoms with van der Waals surface area (Å²) in [6.45, 7) is 1.85. The van der Waals surface area contributed by atoms with E-state index in [0.29, 0.717) is 15.7 Å². The molecule has 3 nitrogen and oxygen atoms in total. The van der Waals surface area contributed by atoms with Gasteiger partial charge in [-0.15, -0.1) is 0 Å². The summed E-state index contributed by atoms with van der Waals surface area (Å²) in [5.41, 5.74) is 1.16. The van der Waals surface area contributed by atoms with Crippen LogP contribution in [-0.4, -0.2) is 10.9 Å². The maximum atomic E-state index is 12.1. The molecule has 1 aromatic heterocycles. The van der Waals surface area contributed by atoms with Crippen LogP contribution in [0.1, 0.15) is 29.0 Å². The van der Waals surface area contributed by atoms with Crippen LogP contribution in [-0.2, 0) is 0 Å². The minimum atomic E-state index is -0.254. The number of carbonyl (C=O) groups excluding carboxylic acids is 1. The highest BCUT2D eigenvalue weighted by molar-refractivity contribution is 9.10. The molecule has 1 aromatic carbocycles. The molecule has 0 bridgehead atoms. The van der Waals surface area contributed by atoms with Crippen molar-refractivity contribution in [3.63, 3.8) is 0 Å². The molecule has 0 fully saturated rings.